The molecule has 0 aliphatic rings. The van der Waals surface area contributed by atoms with E-state index in [-0.39, 0.29) is 18.4 Å². The van der Waals surface area contributed by atoms with Crippen molar-refractivity contribution in [3.05, 3.63) is 70.3 Å². The molecule has 5 nitrogen and oxygen atoms in total. The van der Waals surface area contributed by atoms with Crippen molar-refractivity contribution in [2.24, 2.45) is 0 Å². The van der Waals surface area contributed by atoms with Crippen LogP contribution in [-0.2, 0) is 17.9 Å². The highest BCUT2D eigenvalue weighted by Crippen LogP contribution is 2.09. The Morgan fingerprint density at radius 3 is 2.27 bits per heavy atom. The molecule has 0 radical (unpaired) electrons. The summed E-state index contributed by atoms with van der Waals surface area (Å²) in [7, 11) is 4.19. The number of hydrogen-bond acceptors (Lipinski definition) is 2. The molecule has 26 heavy (non-hydrogen) atoms. The summed E-state index contributed by atoms with van der Waals surface area (Å²) < 4.78 is 0. The van der Waals surface area contributed by atoms with Gasteiger partial charge in [0, 0.05) is 17.7 Å². The topological polar surface area (TPSA) is 62.6 Å². The molecule has 0 unspecified atom stereocenters. The van der Waals surface area contributed by atoms with E-state index in [9.17, 15) is 9.59 Å². The zero-order valence-electron chi connectivity index (χ0n) is 16.0. The van der Waals surface area contributed by atoms with Gasteiger partial charge in [0.05, 0.1) is 20.6 Å². The second-order valence-corrected chi connectivity index (χ2v) is 6.91. The summed E-state index contributed by atoms with van der Waals surface area (Å²) in [4.78, 5) is 25.6. The summed E-state index contributed by atoms with van der Waals surface area (Å²) in [5, 5.41) is 5.55. The van der Waals surface area contributed by atoms with Crippen molar-refractivity contribution in [3.63, 3.8) is 0 Å². The van der Waals surface area contributed by atoms with Crippen LogP contribution in [0.2, 0.25) is 0 Å². The Morgan fingerprint density at radius 1 is 0.923 bits per heavy atom. The van der Waals surface area contributed by atoms with Crippen molar-refractivity contribution < 1.29 is 14.5 Å². The summed E-state index contributed by atoms with van der Waals surface area (Å²) in [6, 6.07) is 13.6. The van der Waals surface area contributed by atoms with Crippen LogP contribution in [0.4, 0.5) is 0 Å². The van der Waals surface area contributed by atoms with Crippen LogP contribution in [-0.4, -0.2) is 32.5 Å². The third-order valence-electron chi connectivity index (χ3n) is 4.32. The van der Waals surface area contributed by atoms with Crippen molar-refractivity contribution in [3.8, 4) is 0 Å². The quantitative estimate of drug-likeness (QED) is 0.695. The van der Waals surface area contributed by atoms with E-state index in [1.165, 1.54) is 10.5 Å². The summed E-state index contributed by atoms with van der Waals surface area (Å²) >= 11 is 0. The second kappa shape index (κ2) is 9.15. The summed E-state index contributed by atoms with van der Waals surface area (Å²) in [6.45, 7) is 5.29. The van der Waals surface area contributed by atoms with Crippen molar-refractivity contribution in [2.45, 2.75) is 26.9 Å². The normalized spacial score (nSPS) is 10.7. The van der Waals surface area contributed by atoms with Crippen LogP contribution in [0.15, 0.2) is 42.5 Å². The fraction of sp³-hybridized carbons (Fsp3) is 0.333. The number of quaternary nitrogens is 1. The maximum absolute atomic E-state index is 12.2. The zero-order valence-corrected chi connectivity index (χ0v) is 16.0. The number of aryl methyl sites for hydroxylation is 2. The fourth-order valence-corrected chi connectivity index (χ4v) is 2.68. The standard InChI is InChI=1S/C21H27N3O2/c1-15-9-10-17(11-16(15)2)21(26)23-13-20(25)22-12-18-7-5-6-8-19(18)14-24(3)4/h5-11H,12-14H2,1-4H3,(H,22,25)(H,23,26)/p+1. The lowest BCUT2D eigenvalue weighted by Crippen LogP contribution is -3.04. The summed E-state index contributed by atoms with van der Waals surface area (Å²) in [6.07, 6.45) is 0. The lowest BCUT2D eigenvalue weighted by Gasteiger charge is -2.13. The van der Waals surface area contributed by atoms with Gasteiger partial charge < -0.3 is 15.5 Å². The van der Waals surface area contributed by atoms with Gasteiger partial charge in [0.2, 0.25) is 5.91 Å². The Balaban J connectivity index is 1.86. The molecule has 0 atom stereocenters. The van der Waals surface area contributed by atoms with E-state index in [1.807, 2.05) is 44.2 Å². The molecule has 2 aromatic carbocycles. The Kier molecular flexibility index (Phi) is 6.92. The molecular weight excluding hydrogens is 326 g/mol. The van der Waals surface area contributed by atoms with Gasteiger partial charge in [-0.3, -0.25) is 9.59 Å². The third kappa shape index (κ3) is 5.70. The Hall–Kier alpha value is -2.66. The molecule has 138 valence electrons. The number of rotatable bonds is 7. The van der Waals surface area contributed by atoms with Crippen molar-refractivity contribution >= 4 is 11.8 Å². The predicted octanol–water partition coefficient (Wildman–Crippen LogP) is 0.994. The van der Waals surface area contributed by atoms with E-state index in [0.29, 0.717) is 12.1 Å². The predicted molar refractivity (Wildman–Crippen MR) is 103 cm³/mol. The average molecular weight is 354 g/mol. The minimum absolute atomic E-state index is 0.0349. The van der Waals surface area contributed by atoms with Gasteiger partial charge in [-0.25, -0.2) is 0 Å². The highest BCUT2D eigenvalue weighted by molar-refractivity contribution is 5.96. The lowest BCUT2D eigenvalue weighted by atomic mass is 10.1. The third-order valence-corrected chi connectivity index (χ3v) is 4.32. The number of hydrogen-bond donors (Lipinski definition) is 3. The van der Waals surface area contributed by atoms with Crippen molar-refractivity contribution in [2.75, 3.05) is 20.6 Å². The SMILES string of the molecule is Cc1ccc(C(=O)NCC(=O)NCc2ccccc2C[NH+](C)C)cc1C. The molecule has 0 aliphatic carbocycles. The molecule has 3 N–H and O–H groups in total. The first-order valence-electron chi connectivity index (χ1n) is 8.84. The first-order chi connectivity index (χ1) is 12.4. The molecule has 2 amide bonds. The molecule has 0 aliphatic heterocycles. The number of carbonyl (C=O) groups excluding carboxylic acids is 2. The number of nitrogens with one attached hydrogen (secondary N) is 3. The van der Waals surface area contributed by atoms with Gasteiger partial charge in [0.15, 0.2) is 0 Å². The van der Waals surface area contributed by atoms with Crippen LogP contribution >= 0.6 is 0 Å². The number of carbonyl (C=O) groups is 2. The van der Waals surface area contributed by atoms with Crippen LogP contribution in [0.25, 0.3) is 0 Å². The van der Waals surface area contributed by atoms with Gasteiger partial charge in [-0.2, -0.15) is 0 Å². The van der Waals surface area contributed by atoms with Crippen LogP contribution < -0.4 is 15.5 Å². The van der Waals surface area contributed by atoms with Gasteiger partial charge in [0.25, 0.3) is 5.91 Å². The first-order valence-corrected chi connectivity index (χ1v) is 8.84. The lowest BCUT2D eigenvalue weighted by molar-refractivity contribution is -0.872. The molecule has 0 aromatic heterocycles. The Bertz CT molecular complexity index is 785. The van der Waals surface area contributed by atoms with E-state index in [1.54, 1.807) is 6.07 Å². The highest BCUT2D eigenvalue weighted by atomic mass is 16.2. The molecule has 0 saturated carbocycles. The number of benzene rings is 2. The largest absolute Gasteiger partial charge is 0.350 e. The zero-order chi connectivity index (χ0) is 19.1. The monoisotopic (exact) mass is 354 g/mol. The smallest absolute Gasteiger partial charge is 0.251 e. The highest BCUT2D eigenvalue weighted by Gasteiger charge is 2.10. The van der Waals surface area contributed by atoms with Crippen LogP contribution in [0.5, 0.6) is 0 Å². The van der Waals surface area contributed by atoms with Crippen LogP contribution in [0.1, 0.15) is 32.6 Å². The Labute approximate surface area is 155 Å². The first kappa shape index (κ1) is 19.7. The van der Waals surface area contributed by atoms with E-state index < -0.39 is 0 Å². The van der Waals surface area contributed by atoms with Crippen molar-refractivity contribution in [1.82, 2.24) is 10.6 Å². The van der Waals surface area contributed by atoms with E-state index in [0.717, 1.165) is 23.2 Å². The van der Waals surface area contributed by atoms with Gasteiger partial charge in [0.1, 0.15) is 6.54 Å². The second-order valence-electron chi connectivity index (χ2n) is 6.91. The molecule has 0 fully saturated rings. The van der Waals surface area contributed by atoms with Gasteiger partial charge >= 0.3 is 0 Å². The average Bonchev–Trinajstić information content (AvgIpc) is 2.60. The fourth-order valence-electron chi connectivity index (χ4n) is 2.68. The molecule has 0 heterocycles. The van der Waals surface area contributed by atoms with Gasteiger partial charge in [-0.15, -0.1) is 0 Å². The summed E-state index contributed by atoms with van der Waals surface area (Å²) in [5.74, 6) is -0.436. The summed E-state index contributed by atoms with van der Waals surface area (Å²) in [5.41, 5.74) is 5.08. The van der Waals surface area contributed by atoms with E-state index >= 15 is 0 Å². The van der Waals surface area contributed by atoms with Crippen molar-refractivity contribution in [1.29, 1.82) is 0 Å². The molecule has 5 heteroatoms. The molecule has 2 aromatic rings. The van der Waals surface area contributed by atoms with Gasteiger partial charge in [-0.05, 0) is 42.7 Å². The van der Waals surface area contributed by atoms with E-state index in [4.69, 9.17) is 0 Å². The van der Waals surface area contributed by atoms with E-state index in [2.05, 4.69) is 30.8 Å². The molecule has 0 bridgehead atoms. The minimum Gasteiger partial charge on any atom is -0.350 e. The molecule has 0 saturated heterocycles. The maximum Gasteiger partial charge on any atom is 0.251 e. The minimum atomic E-state index is -0.236. The Morgan fingerprint density at radius 2 is 1.62 bits per heavy atom. The maximum atomic E-state index is 12.2. The van der Waals surface area contributed by atoms with Crippen LogP contribution in [0, 0.1) is 13.8 Å². The van der Waals surface area contributed by atoms with Crippen LogP contribution in [0.3, 0.4) is 0 Å². The molecule has 0 spiro atoms. The molecule has 2 rings (SSSR count). The number of amides is 2. The molecular formula is C21H28N3O2+. The van der Waals surface area contributed by atoms with Gasteiger partial charge in [-0.1, -0.05) is 30.3 Å².